The standard InChI is InChI=1S/C16H14ClFN4O5S/c1-21(28(26,27)14-5-2-12(18)3-6-14)10-16(23)20-19-9-11-8-13(22(24)25)4-7-15(11)17/h2-9H,10H2,1H3,(H,20,23). The maximum Gasteiger partial charge on any atom is 0.270 e. The molecule has 0 aromatic heterocycles. The monoisotopic (exact) mass is 428 g/mol. The van der Waals surface area contributed by atoms with Crippen LogP contribution in [0.15, 0.2) is 52.5 Å². The van der Waals surface area contributed by atoms with Crippen molar-refractivity contribution in [2.45, 2.75) is 4.90 Å². The van der Waals surface area contributed by atoms with Crippen molar-refractivity contribution in [1.29, 1.82) is 0 Å². The number of carbonyl (C=O) groups excluding carboxylic acids is 1. The third-order valence-electron chi connectivity index (χ3n) is 3.47. The van der Waals surface area contributed by atoms with E-state index in [2.05, 4.69) is 10.5 Å². The maximum atomic E-state index is 12.9. The fourth-order valence-electron chi connectivity index (χ4n) is 2.03. The zero-order chi connectivity index (χ0) is 20.9. The molecule has 0 saturated carbocycles. The SMILES string of the molecule is CN(CC(=O)NN=Cc1cc([N+](=O)[O-])ccc1Cl)S(=O)(=O)c1ccc(F)cc1. The van der Waals surface area contributed by atoms with E-state index < -0.39 is 33.2 Å². The zero-order valence-electron chi connectivity index (χ0n) is 14.4. The van der Waals surface area contributed by atoms with Gasteiger partial charge in [-0.1, -0.05) is 11.6 Å². The minimum Gasteiger partial charge on any atom is -0.272 e. The number of rotatable bonds is 7. The Morgan fingerprint density at radius 3 is 2.57 bits per heavy atom. The number of sulfonamides is 1. The van der Waals surface area contributed by atoms with Crippen molar-refractivity contribution in [2.24, 2.45) is 5.10 Å². The van der Waals surface area contributed by atoms with Crippen LogP contribution >= 0.6 is 11.6 Å². The summed E-state index contributed by atoms with van der Waals surface area (Å²) in [7, 11) is -2.81. The lowest BCUT2D eigenvalue weighted by Crippen LogP contribution is -2.36. The molecule has 0 heterocycles. The van der Waals surface area contributed by atoms with E-state index in [4.69, 9.17) is 11.6 Å². The Hall–Kier alpha value is -2.89. The van der Waals surface area contributed by atoms with Crippen LogP contribution in [-0.2, 0) is 14.8 Å². The molecule has 2 rings (SSSR count). The average Bonchev–Trinajstić information content (AvgIpc) is 2.63. The first kappa shape index (κ1) is 21.4. The number of likely N-dealkylation sites (N-methyl/N-ethyl adjacent to an activating group) is 1. The average molecular weight is 429 g/mol. The number of non-ortho nitro benzene ring substituents is 1. The molecule has 0 aliphatic rings. The number of halogens is 2. The van der Waals surface area contributed by atoms with Crippen molar-refractivity contribution in [3.05, 3.63) is 69.0 Å². The van der Waals surface area contributed by atoms with Crippen LogP contribution in [-0.4, -0.2) is 43.4 Å². The first-order valence-electron chi connectivity index (χ1n) is 7.59. The van der Waals surface area contributed by atoms with Gasteiger partial charge in [-0.3, -0.25) is 14.9 Å². The van der Waals surface area contributed by atoms with Gasteiger partial charge in [0.25, 0.3) is 11.6 Å². The molecule has 0 unspecified atom stereocenters. The lowest BCUT2D eigenvalue weighted by molar-refractivity contribution is -0.384. The largest absolute Gasteiger partial charge is 0.272 e. The summed E-state index contributed by atoms with van der Waals surface area (Å²) in [5.41, 5.74) is 2.10. The first-order valence-corrected chi connectivity index (χ1v) is 9.41. The molecule has 1 N–H and O–H groups in total. The highest BCUT2D eigenvalue weighted by molar-refractivity contribution is 7.89. The van der Waals surface area contributed by atoms with Crippen molar-refractivity contribution in [3.63, 3.8) is 0 Å². The molecular formula is C16H14ClFN4O5S. The molecule has 0 bridgehead atoms. The third kappa shape index (κ3) is 5.31. The van der Waals surface area contributed by atoms with Crippen molar-refractivity contribution >= 4 is 39.4 Å². The van der Waals surface area contributed by atoms with E-state index in [0.717, 1.165) is 34.8 Å². The zero-order valence-corrected chi connectivity index (χ0v) is 15.9. The fourth-order valence-corrected chi connectivity index (χ4v) is 3.32. The molecule has 9 nitrogen and oxygen atoms in total. The summed E-state index contributed by atoms with van der Waals surface area (Å²) in [5.74, 6) is -1.35. The predicted molar refractivity (Wildman–Crippen MR) is 100 cm³/mol. The van der Waals surface area contributed by atoms with Crippen molar-refractivity contribution < 1.29 is 22.5 Å². The highest BCUT2D eigenvalue weighted by Gasteiger charge is 2.22. The quantitative estimate of drug-likeness (QED) is 0.411. The predicted octanol–water partition coefficient (Wildman–Crippen LogP) is 2.16. The van der Waals surface area contributed by atoms with E-state index >= 15 is 0 Å². The molecule has 0 aliphatic heterocycles. The number of nitrogens with one attached hydrogen (secondary N) is 1. The Morgan fingerprint density at radius 1 is 1.32 bits per heavy atom. The molecule has 0 atom stereocenters. The minimum absolute atomic E-state index is 0.170. The molecule has 0 fully saturated rings. The normalized spacial score (nSPS) is 11.7. The first-order chi connectivity index (χ1) is 13.1. The molecule has 1 amide bonds. The van der Waals surface area contributed by atoms with Crippen LogP contribution in [0.2, 0.25) is 5.02 Å². The lowest BCUT2D eigenvalue weighted by atomic mass is 10.2. The summed E-state index contributed by atoms with van der Waals surface area (Å²) in [6.07, 6.45) is 1.10. The van der Waals surface area contributed by atoms with Crippen LogP contribution in [0.25, 0.3) is 0 Å². The molecule has 0 aliphatic carbocycles. The number of carbonyl (C=O) groups is 1. The minimum atomic E-state index is -3.99. The van der Waals surface area contributed by atoms with E-state index in [0.29, 0.717) is 0 Å². The maximum absolute atomic E-state index is 12.9. The molecule has 148 valence electrons. The van der Waals surface area contributed by atoms with Gasteiger partial charge in [-0.15, -0.1) is 0 Å². The summed E-state index contributed by atoms with van der Waals surface area (Å²) in [4.78, 5) is 21.9. The van der Waals surface area contributed by atoms with Gasteiger partial charge >= 0.3 is 0 Å². The molecule has 2 aromatic rings. The van der Waals surface area contributed by atoms with Gasteiger partial charge in [0.05, 0.1) is 22.6 Å². The molecule has 0 radical (unpaired) electrons. The van der Waals surface area contributed by atoms with Crippen LogP contribution in [0.5, 0.6) is 0 Å². The molecular weight excluding hydrogens is 415 g/mol. The van der Waals surface area contributed by atoms with Crippen LogP contribution < -0.4 is 5.43 Å². The Bertz CT molecular complexity index is 1030. The summed E-state index contributed by atoms with van der Waals surface area (Å²) in [5, 5.41) is 14.6. The Labute approximate surface area is 164 Å². The number of hydrazone groups is 1. The van der Waals surface area contributed by atoms with Crippen LogP contribution in [0.4, 0.5) is 10.1 Å². The highest BCUT2D eigenvalue weighted by Crippen LogP contribution is 2.20. The van der Waals surface area contributed by atoms with Gasteiger partial charge in [-0.05, 0) is 30.3 Å². The third-order valence-corrected chi connectivity index (χ3v) is 5.63. The molecule has 0 saturated heterocycles. The van der Waals surface area contributed by atoms with Gasteiger partial charge in [0.15, 0.2) is 0 Å². The number of hydrogen-bond acceptors (Lipinski definition) is 6. The van der Waals surface area contributed by atoms with Crippen LogP contribution in [0.1, 0.15) is 5.56 Å². The van der Waals surface area contributed by atoms with Gasteiger partial charge in [0.2, 0.25) is 10.0 Å². The number of benzene rings is 2. The lowest BCUT2D eigenvalue weighted by Gasteiger charge is -2.16. The van der Waals surface area contributed by atoms with Gasteiger partial charge < -0.3 is 0 Å². The molecule has 2 aromatic carbocycles. The highest BCUT2D eigenvalue weighted by atomic mass is 35.5. The van der Waals surface area contributed by atoms with Gasteiger partial charge in [-0.2, -0.15) is 9.41 Å². The summed E-state index contributed by atoms with van der Waals surface area (Å²) in [6.45, 7) is -0.556. The van der Waals surface area contributed by atoms with Crippen molar-refractivity contribution in [1.82, 2.24) is 9.73 Å². The van der Waals surface area contributed by atoms with Crippen molar-refractivity contribution in [3.8, 4) is 0 Å². The number of hydrogen-bond donors (Lipinski definition) is 1. The molecule has 28 heavy (non-hydrogen) atoms. The van der Waals surface area contributed by atoms with Crippen LogP contribution in [0, 0.1) is 15.9 Å². The van der Waals surface area contributed by atoms with Gasteiger partial charge in [-0.25, -0.2) is 18.2 Å². The van der Waals surface area contributed by atoms with Crippen LogP contribution in [0.3, 0.4) is 0 Å². The fraction of sp³-hybridized carbons (Fsp3) is 0.125. The van der Waals surface area contributed by atoms with Crippen molar-refractivity contribution in [2.75, 3.05) is 13.6 Å². The Balaban J connectivity index is 2.02. The van der Waals surface area contributed by atoms with Gasteiger partial charge in [0, 0.05) is 29.8 Å². The Kier molecular flexibility index (Phi) is 6.78. The summed E-state index contributed by atoms with van der Waals surface area (Å²) >= 11 is 5.90. The van der Waals surface area contributed by atoms with E-state index in [1.165, 1.54) is 25.2 Å². The number of nitro benzene ring substituents is 1. The Morgan fingerprint density at radius 2 is 1.96 bits per heavy atom. The summed E-state index contributed by atoms with van der Waals surface area (Å²) in [6, 6.07) is 7.85. The smallest absolute Gasteiger partial charge is 0.270 e. The van der Waals surface area contributed by atoms with E-state index in [-0.39, 0.29) is 21.2 Å². The summed E-state index contributed by atoms with van der Waals surface area (Å²) < 4.78 is 38.3. The number of nitrogens with zero attached hydrogens (tertiary/aromatic N) is 3. The molecule has 12 heteroatoms. The van der Waals surface area contributed by atoms with E-state index in [1.807, 2.05) is 0 Å². The second-order valence-corrected chi connectivity index (χ2v) is 7.92. The van der Waals surface area contributed by atoms with Gasteiger partial charge in [0.1, 0.15) is 5.82 Å². The second kappa shape index (κ2) is 8.87. The van der Waals surface area contributed by atoms with E-state index in [9.17, 15) is 27.7 Å². The molecule has 0 spiro atoms. The van der Waals surface area contributed by atoms with E-state index in [1.54, 1.807) is 0 Å². The number of amides is 1. The second-order valence-electron chi connectivity index (χ2n) is 5.47. The number of nitro groups is 1. The topological polar surface area (TPSA) is 122 Å².